The van der Waals surface area contributed by atoms with Gasteiger partial charge in [-0.05, 0) is 18.2 Å². The van der Waals surface area contributed by atoms with Crippen LogP contribution in [0.1, 0.15) is 5.56 Å². The first-order chi connectivity index (χ1) is 8.81. The van der Waals surface area contributed by atoms with E-state index >= 15 is 0 Å². The van der Waals surface area contributed by atoms with Crippen molar-refractivity contribution in [2.24, 2.45) is 5.10 Å². The molecule has 0 saturated carbocycles. The van der Waals surface area contributed by atoms with Crippen LogP contribution >= 0.6 is 0 Å². The molecule has 0 unspecified atom stereocenters. The van der Waals surface area contributed by atoms with Crippen LogP contribution in [0, 0.1) is 5.82 Å². The monoisotopic (exact) mass is 244 g/mol. The van der Waals surface area contributed by atoms with Crippen LogP contribution in [-0.2, 0) is 0 Å². The van der Waals surface area contributed by atoms with E-state index in [1.807, 2.05) is 24.3 Å². The second-order valence-electron chi connectivity index (χ2n) is 3.59. The highest BCUT2D eigenvalue weighted by Crippen LogP contribution is 2.22. The maximum absolute atomic E-state index is 13.3. The lowest BCUT2D eigenvalue weighted by atomic mass is 10.2. The molecule has 0 atom stereocenters. The molecule has 2 rings (SSSR count). The number of benzene rings is 2. The zero-order valence-corrected chi connectivity index (χ0v) is 9.93. The van der Waals surface area contributed by atoms with Gasteiger partial charge in [0.1, 0.15) is 11.6 Å². The fraction of sp³-hybridized carbons (Fsp3) is 0.0714. The van der Waals surface area contributed by atoms with E-state index in [4.69, 9.17) is 4.74 Å². The maximum Gasteiger partial charge on any atom is 0.143 e. The van der Waals surface area contributed by atoms with Crippen LogP contribution in [0.4, 0.5) is 10.1 Å². The molecule has 2 aromatic rings. The topological polar surface area (TPSA) is 33.6 Å². The Morgan fingerprint density at radius 2 is 1.83 bits per heavy atom. The highest BCUT2D eigenvalue weighted by Gasteiger charge is 1.99. The first-order valence-electron chi connectivity index (χ1n) is 5.48. The molecule has 0 amide bonds. The predicted molar refractivity (Wildman–Crippen MR) is 70.6 cm³/mol. The highest BCUT2D eigenvalue weighted by atomic mass is 19.1. The molecule has 18 heavy (non-hydrogen) atoms. The number of halogens is 1. The summed E-state index contributed by atoms with van der Waals surface area (Å²) in [7, 11) is 1.58. The summed E-state index contributed by atoms with van der Waals surface area (Å²) >= 11 is 0. The van der Waals surface area contributed by atoms with Crippen molar-refractivity contribution < 1.29 is 9.13 Å². The Labute approximate surface area is 105 Å². The summed E-state index contributed by atoms with van der Waals surface area (Å²) in [5.74, 6) is 0.381. The molecule has 3 nitrogen and oxygen atoms in total. The minimum atomic E-state index is -0.303. The number of rotatable bonds is 4. The minimum absolute atomic E-state index is 0.303. The molecule has 4 heteroatoms. The second-order valence-corrected chi connectivity index (χ2v) is 3.59. The van der Waals surface area contributed by atoms with Crippen LogP contribution in [0.2, 0.25) is 0 Å². The number of hydrogen-bond acceptors (Lipinski definition) is 3. The van der Waals surface area contributed by atoms with Crippen LogP contribution in [0.25, 0.3) is 0 Å². The smallest absolute Gasteiger partial charge is 0.143 e. The predicted octanol–water partition coefficient (Wildman–Crippen LogP) is 3.28. The molecule has 0 saturated heterocycles. The molecule has 92 valence electrons. The van der Waals surface area contributed by atoms with Crippen molar-refractivity contribution in [3.05, 3.63) is 59.9 Å². The van der Waals surface area contributed by atoms with E-state index in [0.29, 0.717) is 11.3 Å². The van der Waals surface area contributed by atoms with Gasteiger partial charge in [-0.15, -0.1) is 0 Å². The van der Waals surface area contributed by atoms with E-state index in [1.165, 1.54) is 12.3 Å². The lowest BCUT2D eigenvalue weighted by Crippen LogP contribution is -1.95. The van der Waals surface area contributed by atoms with E-state index in [-0.39, 0.29) is 5.82 Å². The Morgan fingerprint density at radius 1 is 1.11 bits per heavy atom. The van der Waals surface area contributed by atoms with Gasteiger partial charge in [-0.2, -0.15) is 5.10 Å². The Hall–Kier alpha value is -2.36. The lowest BCUT2D eigenvalue weighted by molar-refractivity contribution is 0.416. The molecular formula is C14H13FN2O. The average molecular weight is 244 g/mol. The van der Waals surface area contributed by atoms with E-state index in [1.54, 1.807) is 25.3 Å². The number of nitrogens with zero attached hydrogens (tertiary/aromatic N) is 1. The second kappa shape index (κ2) is 5.82. The number of hydrogen-bond donors (Lipinski definition) is 1. The zero-order chi connectivity index (χ0) is 12.8. The van der Waals surface area contributed by atoms with Gasteiger partial charge < -0.3 is 4.74 Å². The third-order valence-corrected chi connectivity index (χ3v) is 2.40. The summed E-state index contributed by atoms with van der Waals surface area (Å²) in [5, 5.41) is 3.99. The van der Waals surface area contributed by atoms with Crippen LogP contribution in [0.15, 0.2) is 53.6 Å². The van der Waals surface area contributed by atoms with Gasteiger partial charge in [0, 0.05) is 5.56 Å². The maximum atomic E-state index is 13.3. The van der Waals surface area contributed by atoms with Gasteiger partial charge in [0.25, 0.3) is 0 Å². The molecule has 0 heterocycles. The SMILES string of the molecule is COc1ccccc1N/N=C\c1ccccc1F. The van der Waals surface area contributed by atoms with Crippen molar-refractivity contribution in [1.82, 2.24) is 0 Å². The molecule has 0 spiro atoms. The number of ether oxygens (including phenoxy) is 1. The van der Waals surface area contributed by atoms with Gasteiger partial charge in [0.2, 0.25) is 0 Å². The fourth-order valence-electron chi connectivity index (χ4n) is 1.49. The number of para-hydroxylation sites is 2. The summed E-state index contributed by atoms with van der Waals surface area (Å²) in [5.41, 5.74) is 3.98. The Balaban J connectivity index is 2.10. The van der Waals surface area contributed by atoms with Crippen LogP contribution in [0.3, 0.4) is 0 Å². The molecule has 0 aliphatic carbocycles. The van der Waals surface area contributed by atoms with E-state index in [9.17, 15) is 4.39 Å². The third kappa shape index (κ3) is 2.85. The molecule has 0 aromatic heterocycles. The standard InChI is InChI=1S/C14H13FN2O/c1-18-14-9-5-4-8-13(14)17-16-10-11-6-2-3-7-12(11)15/h2-10,17H,1H3/b16-10-. The quantitative estimate of drug-likeness (QED) is 0.661. The summed E-state index contributed by atoms with van der Waals surface area (Å²) < 4.78 is 18.5. The number of nitrogens with one attached hydrogen (secondary N) is 1. The largest absolute Gasteiger partial charge is 0.495 e. The number of methoxy groups -OCH3 is 1. The summed E-state index contributed by atoms with van der Waals surface area (Å²) in [6.07, 6.45) is 1.43. The van der Waals surface area contributed by atoms with E-state index < -0.39 is 0 Å². The van der Waals surface area contributed by atoms with Gasteiger partial charge >= 0.3 is 0 Å². The summed E-state index contributed by atoms with van der Waals surface area (Å²) in [6, 6.07) is 13.8. The first-order valence-corrected chi connectivity index (χ1v) is 5.48. The fourth-order valence-corrected chi connectivity index (χ4v) is 1.49. The lowest BCUT2D eigenvalue weighted by Gasteiger charge is -2.06. The molecule has 0 aliphatic heterocycles. The molecular weight excluding hydrogens is 231 g/mol. The van der Waals surface area contributed by atoms with E-state index in [0.717, 1.165) is 5.69 Å². The van der Waals surface area contributed by atoms with Gasteiger partial charge in [0.05, 0.1) is 19.0 Å². The number of anilines is 1. The van der Waals surface area contributed by atoms with E-state index in [2.05, 4.69) is 10.5 Å². The van der Waals surface area contributed by atoms with Crippen LogP contribution in [-0.4, -0.2) is 13.3 Å². The zero-order valence-electron chi connectivity index (χ0n) is 9.93. The van der Waals surface area contributed by atoms with Gasteiger partial charge in [-0.1, -0.05) is 30.3 Å². The molecule has 0 aliphatic rings. The molecule has 0 bridgehead atoms. The van der Waals surface area contributed by atoms with Crippen LogP contribution < -0.4 is 10.2 Å². The van der Waals surface area contributed by atoms with Crippen LogP contribution in [0.5, 0.6) is 5.75 Å². The molecule has 2 aromatic carbocycles. The third-order valence-electron chi connectivity index (χ3n) is 2.40. The average Bonchev–Trinajstić information content (AvgIpc) is 2.41. The first kappa shape index (κ1) is 12.1. The summed E-state index contributed by atoms with van der Waals surface area (Å²) in [6.45, 7) is 0. The Kier molecular flexibility index (Phi) is 3.91. The van der Waals surface area contributed by atoms with Crippen molar-refractivity contribution >= 4 is 11.9 Å². The molecule has 0 radical (unpaired) electrons. The Bertz CT molecular complexity index is 555. The highest BCUT2D eigenvalue weighted by molar-refractivity contribution is 5.80. The minimum Gasteiger partial charge on any atom is -0.495 e. The number of hydrazone groups is 1. The van der Waals surface area contributed by atoms with Crippen molar-refractivity contribution in [2.75, 3.05) is 12.5 Å². The van der Waals surface area contributed by atoms with Gasteiger partial charge in [0.15, 0.2) is 0 Å². The van der Waals surface area contributed by atoms with Crippen molar-refractivity contribution in [1.29, 1.82) is 0 Å². The molecule has 0 fully saturated rings. The van der Waals surface area contributed by atoms with Gasteiger partial charge in [-0.25, -0.2) is 4.39 Å². The van der Waals surface area contributed by atoms with Crippen molar-refractivity contribution in [2.45, 2.75) is 0 Å². The Morgan fingerprint density at radius 3 is 2.61 bits per heavy atom. The van der Waals surface area contributed by atoms with Crippen molar-refractivity contribution in [3.8, 4) is 5.75 Å². The van der Waals surface area contributed by atoms with Gasteiger partial charge in [-0.3, -0.25) is 5.43 Å². The molecule has 1 N–H and O–H groups in total. The van der Waals surface area contributed by atoms with Crippen molar-refractivity contribution in [3.63, 3.8) is 0 Å². The summed E-state index contributed by atoms with van der Waals surface area (Å²) in [4.78, 5) is 0. The normalized spacial score (nSPS) is 10.6.